The largest absolute Gasteiger partial charge is 0.316 e. The minimum atomic E-state index is 0.542. The van der Waals surface area contributed by atoms with Crippen molar-refractivity contribution in [2.75, 3.05) is 0 Å². The first kappa shape index (κ1) is 8.73. The molecule has 2 N–H and O–H groups in total. The van der Waals surface area contributed by atoms with Gasteiger partial charge in [-0.25, -0.2) is 5.48 Å². The van der Waals surface area contributed by atoms with Crippen LogP contribution in [0.5, 0.6) is 0 Å². The summed E-state index contributed by atoms with van der Waals surface area (Å²) in [7, 11) is 0. The van der Waals surface area contributed by atoms with Gasteiger partial charge < -0.3 is 5.21 Å². The van der Waals surface area contributed by atoms with Crippen LogP contribution in [0.2, 0.25) is 0 Å². The molecule has 1 fully saturated rings. The predicted molar refractivity (Wildman–Crippen MR) is 51.7 cm³/mol. The van der Waals surface area contributed by atoms with Crippen LogP contribution in [0.15, 0.2) is 24.3 Å². The Balaban J connectivity index is 2.11. The van der Waals surface area contributed by atoms with Gasteiger partial charge in [-0.2, -0.15) is 0 Å². The van der Waals surface area contributed by atoms with E-state index in [1.165, 1.54) is 24.8 Å². The van der Waals surface area contributed by atoms with Crippen LogP contribution in [0.3, 0.4) is 0 Å². The minimum absolute atomic E-state index is 0.542. The minimum Gasteiger partial charge on any atom is -0.316 e. The van der Waals surface area contributed by atoms with E-state index in [-0.39, 0.29) is 0 Å². The Kier molecular flexibility index (Phi) is 2.62. The molecule has 2 heteroatoms. The molecule has 0 heterocycles. The van der Waals surface area contributed by atoms with E-state index in [2.05, 4.69) is 23.7 Å². The fraction of sp³-hybridized carbons (Fsp3) is 0.455. The average Bonchev–Trinajstić information content (AvgIpc) is 2.02. The third kappa shape index (κ3) is 1.90. The van der Waals surface area contributed by atoms with Crippen molar-refractivity contribution in [3.63, 3.8) is 0 Å². The predicted octanol–water partition coefficient (Wildman–Crippen LogP) is 2.43. The summed E-state index contributed by atoms with van der Waals surface area (Å²) in [6.45, 7) is 0.542. The standard InChI is InChI=1S/C11H15NO/c13-12-8-9-3-1-6-11(7-9)10-4-2-5-10/h1,3,6-7,10,12-13H,2,4-5,8H2. The average molecular weight is 177 g/mol. The first-order valence-electron chi connectivity index (χ1n) is 4.86. The molecule has 2 nitrogen and oxygen atoms in total. The lowest BCUT2D eigenvalue weighted by molar-refractivity contribution is 0.161. The zero-order valence-corrected chi connectivity index (χ0v) is 7.66. The van der Waals surface area contributed by atoms with E-state index < -0.39 is 0 Å². The van der Waals surface area contributed by atoms with Gasteiger partial charge in [0.2, 0.25) is 0 Å². The van der Waals surface area contributed by atoms with E-state index in [1.807, 2.05) is 6.07 Å². The van der Waals surface area contributed by atoms with Gasteiger partial charge in [0.15, 0.2) is 0 Å². The van der Waals surface area contributed by atoms with Crippen molar-refractivity contribution in [2.45, 2.75) is 31.7 Å². The number of rotatable bonds is 3. The number of nitrogens with one attached hydrogen (secondary N) is 1. The molecule has 1 aromatic rings. The molecule has 0 spiro atoms. The molecule has 0 atom stereocenters. The van der Waals surface area contributed by atoms with Crippen molar-refractivity contribution in [3.05, 3.63) is 35.4 Å². The van der Waals surface area contributed by atoms with Crippen molar-refractivity contribution >= 4 is 0 Å². The van der Waals surface area contributed by atoms with Gasteiger partial charge in [-0.05, 0) is 29.9 Å². The molecule has 1 aliphatic carbocycles. The molecular formula is C11H15NO. The van der Waals surface area contributed by atoms with E-state index in [0.29, 0.717) is 6.54 Å². The Morgan fingerprint density at radius 3 is 2.85 bits per heavy atom. The van der Waals surface area contributed by atoms with Crippen LogP contribution in [0, 0.1) is 0 Å². The number of hydrogen-bond donors (Lipinski definition) is 2. The molecular weight excluding hydrogens is 162 g/mol. The summed E-state index contributed by atoms with van der Waals surface area (Å²) in [5, 5.41) is 8.57. The van der Waals surface area contributed by atoms with Crippen LogP contribution in [-0.2, 0) is 6.54 Å². The quantitative estimate of drug-likeness (QED) is 0.695. The Morgan fingerprint density at radius 1 is 1.38 bits per heavy atom. The summed E-state index contributed by atoms with van der Waals surface area (Å²) in [5.74, 6) is 0.777. The summed E-state index contributed by atoms with van der Waals surface area (Å²) >= 11 is 0. The lowest BCUT2D eigenvalue weighted by Gasteiger charge is -2.26. The SMILES string of the molecule is ONCc1cccc(C2CCC2)c1. The summed E-state index contributed by atoms with van der Waals surface area (Å²) in [5.41, 5.74) is 4.77. The van der Waals surface area contributed by atoms with Crippen molar-refractivity contribution in [1.29, 1.82) is 0 Å². The van der Waals surface area contributed by atoms with Gasteiger partial charge >= 0.3 is 0 Å². The third-order valence-electron chi connectivity index (χ3n) is 2.81. The molecule has 0 radical (unpaired) electrons. The van der Waals surface area contributed by atoms with E-state index in [0.717, 1.165) is 11.5 Å². The Labute approximate surface area is 78.5 Å². The smallest absolute Gasteiger partial charge is 0.0458 e. The van der Waals surface area contributed by atoms with Crippen LogP contribution in [0.25, 0.3) is 0 Å². The van der Waals surface area contributed by atoms with Gasteiger partial charge in [0.05, 0.1) is 0 Å². The maximum absolute atomic E-state index is 8.57. The van der Waals surface area contributed by atoms with E-state index >= 15 is 0 Å². The Bertz CT molecular complexity index is 281. The molecule has 0 aliphatic heterocycles. The summed E-state index contributed by atoms with van der Waals surface area (Å²) in [6, 6.07) is 8.48. The van der Waals surface area contributed by atoms with Gasteiger partial charge in [-0.15, -0.1) is 0 Å². The fourth-order valence-corrected chi connectivity index (χ4v) is 1.79. The second kappa shape index (κ2) is 3.90. The molecule has 0 aromatic heterocycles. The highest BCUT2D eigenvalue weighted by Crippen LogP contribution is 2.36. The molecule has 0 unspecified atom stereocenters. The van der Waals surface area contributed by atoms with Crippen LogP contribution in [0.1, 0.15) is 36.3 Å². The number of benzene rings is 1. The molecule has 13 heavy (non-hydrogen) atoms. The third-order valence-corrected chi connectivity index (χ3v) is 2.81. The summed E-state index contributed by atoms with van der Waals surface area (Å²) in [6.07, 6.45) is 4.03. The van der Waals surface area contributed by atoms with E-state index in [9.17, 15) is 0 Å². The van der Waals surface area contributed by atoms with Gasteiger partial charge in [0.25, 0.3) is 0 Å². The highest BCUT2D eigenvalue weighted by atomic mass is 16.5. The van der Waals surface area contributed by atoms with Crippen molar-refractivity contribution in [3.8, 4) is 0 Å². The molecule has 0 bridgehead atoms. The second-order valence-electron chi connectivity index (χ2n) is 3.71. The van der Waals surface area contributed by atoms with Crippen LogP contribution >= 0.6 is 0 Å². The normalized spacial score (nSPS) is 17.0. The molecule has 1 aliphatic rings. The number of hydroxylamine groups is 1. The monoisotopic (exact) mass is 177 g/mol. The van der Waals surface area contributed by atoms with Gasteiger partial charge in [0, 0.05) is 6.54 Å². The highest BCUT2D eigenvalue weighted by molar-refractivity contribution is 5.27. The van der Waals surface area contributed by atoms with Gasteiger partial charge in [-0.1, -0.05) is 30.7 Å². The van der Waals surface area contributed by atoms with E-state index in [4.69, 9.17) is 5.21 Å². The lowest BCUT2D eigenvalue weighted by atomic mass is 9.80. The molecule has 0 amide bonds. The van der Waals surface area contributed by atoms with Crippen LogP contribution in [-0.4, -0.2) is 5.21 Å². The first-order valence-corrected chi connectivity index (χ1v) is 4.86. The van der Waals surface area contributed by atoms with Crippen molar-refractivity contribution < 1.29 is 5.21 Å². The molecule has 2 rings (SSSR count). The molecule has 1 saturated carbocycles. The fourth-order valence-electron chi connectivity index (χ4n) is 1.79. The highest BCUT2D eigenvalue weighted by Gasteiger charge is 2.19. The maximum Gasteiger partial charge on any atom is 0.0458 e. The molecule has 1 aromatic carbocycles. The summed E-state index contributed by atoms with van der Waals surface area (Å²) < 4.78 is 0. The topological polar surface area (TPSA) is 32.3 Å². The van der Waals surface area contributed by atoms with Crippen molar-refractivity contribution in [2.24, 2.45) is 0 Å². The molecule has 0 saturated heterocycles. The maximum atomic E-state index is 8.57. The molecule has 70 valence electrons. The van der Waals surface area contributed by atoms with Gasteiger partial charge in [-0.3, -0.25) is 0 Å². The lowest BCUT2D eigenvalue weighted by Crippen LogP contribution is -2.10. The second-order valence-corrected chi connectivity index (χ2v) is 3.71. The number of hydrogen-bond acceptors (Lipinski definition) is 2. The Hall–Kier alpha value is -0.860. The first-order chi connectivity index (χ1) is 6.40. The van der Waals surface area contributed by atoms with Crippen LogP contribution < -0.4 is 5.48 Å². The van der Waals surface area contributed by atoms with Crippen molar-refractivity contribution in [1.82, 2.24) is 5.48 Å². The summed E-state index contributed by atoms with van der Waals surface area (Å²) in [4.78, 5) is 0. The Morgan fingerprint density at radius 2 is 2.23 bits per heavy atom. The van der Waals surface area contributed by atoms with Gasteiger partial charge in [0.1, 0.15) is 0 Å². The zero-order chi connectivity index (χ0) is 9.10. The van der Waals surface area contributed by atoms with Crippen LogP contribution in [0.4, 0.5) is 0 Å². The zero-order valence-electron chi connectivity index (χ0n) is 7.66. The van der Waals surface area contributed by atoms with E-state index in [1.54, 1.807) is 0 Å².